The van der Waals surface area contributed by atoms with Gasteiger partial charge in [0.2, 0.25) is 0 Å². The van der Waals surface area contributed by atoms with Crippen LogP contribution in [0.5, 0.6) is 0 Å². The van der Waals surface area contributed by atoms with E-state index in [9.17, 15) is 0 Å². The fraction of sp³-hybridized carbons (Fsp3) is 0. The molecule has 270 valence electrons. The van der Waals surface area contributed by atoms with E-state index >= 15 is 0 Å². The molecule has 0 atom stereocenters. The van der Waals surface area contributed by atoms with Gasteiger partial charge in [-0.2, -0.15) is 0 Å². The van der Waals surface area contributed by atoms with E-state index in [1.165, 1.54) is 86.8 Å². The maximum atomic E-state index is 2.42. The maximum Gasteiger partial charge on any atom is 0.0547 e. The first-order valence-electron chi connectivity index (χ1n) is 20.0. The third-order valence-corrected chi connectivity index (χ3v) is 12.1. The Morgan fingerprint density at radius 3 is 1.71 bits per heavy atom. The van der Waals surface area contributed by atoms with Gasteiger partial charge in [0, 0.05) is 33.2 Å². The Morgan fingerprint density at radius 1 is 0.310 bits per heavy atom. The molecule has 1 heterocycles. The Hall–Kier alpha value is -7.68. The number of hydrogen-bond donors (Lipinski definition) is 0. The van der Waals surface area contributed by atoms with Gasteiger partial charge in [0.05, 0.1) is 16.7 Å². The van der Waals surface area contributed by atoms with E-state index < -0.39 is 0 Å². The monoisotopic (exact) mass is 736 g/mol. The van der Waals surface area contributed by atoms with E-state index in [0.29, 0.717) is 0 Å². The first-order chi connectivity index (χ1) is 28.8. The van der Waals surface area contributed by atoms with Crippen LogP contribution >= 0.6 is 0 Å². The lowest BCUT2D eigenvalue weighted by molar-refractivity contribution is 1.18. The van der Waals surface area contributed by atoms with E-state index in [1.54, 1.807) is 0 Å². The molecule has 0 saturated heterocycles. The smallest absolute Gasteiger partial charge is 0.0547 e. The molecule has 0 aliphatic rings. The van der Waals surface area contributed by atoms with Crippen molar-refractivity contribution in [3.05, 3.63) is 218 Å². The molecule has 0 amide bonds. The van der Waals surface area contributed by atoms with Crippen LogP contribution in [0.2, 0.25) is 0 Å². The number of fused-ring (bicyclic) bond motifs is 10. The Kier molecular flexibility index (Phi) is 7.26. The Bertz CT molecular complexity index is 3560. The summed E-state index contributed by atoms with van der Waals surface area (Å²) < 4.78 is 2.41. The second-order valence-electron chi connectivity index (χ2n) is 15.3. The fourth-order valence-electron chi connectivity index (χ4n) is 9.41. The van der Waals surface area contributed by atoms with Gasteiger partial charge >= 0.3 is 0 Å². The number of nitrogens with zero attached hydrogens (tertiary/aromatic N) is 2. The number of rotatable bonds is 5. The predicted molar refractivity (Wildman–Crippen MR) is 248 cm³/mol. The lowest BCUT2D eigenvalue weighted by Crippen LogP contribution is -2.10. The summed E-state index contributed by atoms with van der Waals surface area (Å²) in [5, 5.41) is 15.0. The summed E-state index contributed by atoms with van der Waals surface area (Å²) in [6, 6.07) is 80.1. The zero-order valence-corrected chi connectivity index (χ0v) is 31.7. The topological polar surface area (TPSA) is 8.17 Å². The van der Waals surface area contributed by atoms with E-state index in [2.05, 4.69) is 228 Å². The summed E-state index contributed by atoms with van der Waals surface area (Å²) in [5.74, 6) is 0. The quantitative estimate of drug-likeness (QED) is 0.160. The molecule has 0 bridgehead atoms. The highest BCUT2D eigenvalue weighted by atomic mass is 15.1. The Balaban J connectivity index is 1.01. The molecular weight excluding hydrogens is 701 g/mol. The minimum Gasteiger partial charge on any atom is -0.310 e. The SMILES string of the molecule is c1ccc(N(c2ccc3ccc4ccc5ccccc5c4c3c2)c2ccc(-c3ccc(-n4c5ccccc5c5cc6ccccc6cc54)cc3)c3ccccc23)cc1. The van der Waals surface area contributed by atoms with Gasteiger partial charge in [-0.3, -0.25) is 0 Å². The number of anilines is 3. The summed E-state index contributed by atoms with van der Waals surface area (Å²) in [7, 11) is 0. The van der Waals surface area contributed by atoms with Crippen molar-refractivity contribution in [1.29, 1.82) is 0 Å². The van der Waals surface area contributed by atoms with Gasteiger partial charge in [-0.05, 0) is 120 Å². The van der Waals surface area contributed by atoms with E-state index in [1.807, 2.05) is 0 Å². The molecule has 58 heavy (non-hydrogen) atoms. The molecule has 2 heteroatoms. The second kappa shape index (κ2) is 12.9. The van der Waals surface area contributed by atoms with Crippen molar-refractivity contribution >= 4 is 92.7 Å². The van der Waals surface area contributed by atoms with Crippen molar-refractivity contribution in [3.63, 3.8) is 0 Å². The molecule has 0 aliphatic carbocycles. The van der Waals surface area contributed by atoms with Crippen molar-refractivity contribution in [1.82, 2.24) is 4.57 Å². The van der Waals surface area contributed by atoms with Crippen molar-refractivity contribution in [2.75, 3.05) is 4.90 Å². The molecule has 0 saturated carbocycles. The highest BCUT2D eigenvalue weighted by molar-refractivity contribution is 6.21. The highest BCUT2D eigenvalue weighted by Crippen LogP contribution is 2.44. The van der Waals surface area contributed by atoms with Crippen molar-refractivity contribution in [3.8, 4) is 16.8 Å². The molecule has 11 aromatic carbocycles. The summed E-state index contributed by atoms with van der Waals surface area (Å²) in [5.41, 5.74) is 9.37. The molecular formula is C56H36N2. The number of aromatic nitrogens is 1. The normalized spacial score (nSPS) is 11.8. The highest BCUT2D eigenvalue weighted by Gasteiger charge is 2.19. The molecule has 0 N–H and O–H groups in total. The van der Waals surface area contributed by atoms with Gasteiger partial charge in [0.25, 0.3) is 0 Å². The average Bonchev–Trinajstić information content (AvgIpc) is 3.61. The zero-order valence-electron chi connectivity index (χ0n) is 31.7. The van der Waals surface area contributed by atoms with E-state index in [4.69, 9.17) is 0 Å². The van der Waals surface area contributed by atoms with Crippen LogP contribution in [-0.4, -0.2) is 4.57 Å². The van der Waals surface area contributed by atoms with E-state index in [-0.39, 0.29) is 0 Å². The molecule has 0 radical (unpaired) electrons. The van der Waals surface area contributed by atoms with Crippen LogP contribution in [0.1, 0.15) is 0 Å². The van der Waals surface area contributed by atoms with Crippen molar-refractivity contribution < 1.29 is 0 Å². The Labute approximate surface area is 336 Å². The van der Waals surface area contributed by atoms with Crippen LogP contribution < -0.4 is 4.90 Å². The van der Waals surface area contributed by atoms with Gasteiger partial charge in [-0.1, -0.05) is 158 Å². The van der Waals surface area contributed by atoms with Crippen LogP contribution in [0.15, 0.2) is 218 Å². The van der Waals surface area contributed by atoms with Gasteiger partial charge in [-0.25, -0.2) is 0 Å². The molecule has 2 nitrogen and oxygen atoms in total. The molecule has 0 aliphatic heterocycles. The van der Waals surface area contributed by atoms with Crippen LogP contribution in [0.25, 0.3) is 92.5 Å². The van der Waals surface area contributed by atoms with Crippen molar-refractivity contribution in [2.45, 2.75) is 0 Å². The molecule has 12 rings (SSSR count). The fourth-order valence-corrected chi connectivity index (χ4v) is 9.41. The van der Waals surface area contributed by atoms with Crippen LogP contribution in [-0.2, 0) is 0 Å². The second-order valence-corrected chi connectivity index (χ2v) is 15.3. The minimum absolute atomic E-state index is 1.12. The van der Waals surface area contributed by atoms with Gasteiger partial charge < -0.3 is 9.47 Å². The van der Waals surface area contributed by atoms with Gasteiger partial charge in [0.15, 0.2) is 0 Å². The first-order valence-corrected chi connectivity index (χ1v) is 20.0. The number of para-hydroxylation sites is 2. The third-order valence-electron chi connectivity index (χ3n) is 12.1. The third kappa shape index (κ3) is 5.05. The average molecular weight is 737 g/mol. The molecule has 12 aromatic rings. The van der Waals surface area contributed by atoms with Gasteiger partial charge in [0.1, 0.15) is 0 Å². The number of benzene rings is 11. The van der Waals surface area contributed by atoms with Crippen LogP contribution in [0.3, 0.4) is 0 Å². The summed E-state index contributed by atoms with van der Waals surface area (Å²) >= 11 is 0. The van der Waals surface area contributed by atoms with Crippen molar-refractivity contribution in [2.24, 2.45) is 0 Å². The standard InChI is InChI=1S/C56H36N2/c1-2-15-43(16-3-1)57(45-31-28-39-23-25-40-24-22-37-12-6-7-17-47(37)56(40)51(39)36-45)54-33-32-46(48-18-8-9-19-49(48)54)38-26-29-44(30-27-38)58-53-21-11-10-20-50(53)52-34-41-13-4-5-14-42(41)35-55(52)58/h1-36H. The molecule has 0 spiro atoms. The van der Waals surface area contributed by atoms with Crippen LogP contribution in [0.4, 0.5) is 17.1 Å². The van der Waals surface area contributed by atoms with Gasteiger partial charge in [-0.15, -0.1) is 0 Å². The number of hydrogen-bond acceptors (Lipinski definition) is 1. The minimum atomic E-state index is 1.12. The zero-order chi connectivity index (χ0) is 38.2. The molecule has 0 unspecified atom stereocenters. The first kappa shape index (κ1) is 32.6. The summed E-state index contributed by atoms with van der Waals surface area (Å²) in [6.07, 6.45) is 0. The summed E-state index contributed by atoms with van der Waals surface area (Å²) in [6.45, 7) is 0. The predicted octanol–water partition coefficient (Wildman–Crippen LogP) is 15.7. The van der Waals surface area contributed by atoms with Crippen LogP contribution in [0, 0.1) is 0 Å². The molecule has 0 fully saturated rings. The largest absolute Gasteiger partial charge is 0.310 e. The summed E-state index contributed by atoms with van der Waals surface area (Å²) in [4.78, 5) is 2.42. The maximum absolute atomic E-state index is 2.42. The Morgan fingerprint density at radius 2 is 0.914 bits per heavy atom. The molecule has 1 aromatic heterocycles. The van der Waals surface area contributed by atoms with E-state index in [0.717, 1.165) is 22.7 Å². The lowest BCUT2D eigenvalue weighted by Gasteiger charge is -2.28. The lowest BCUT2D eigenvalue weighted by atomic mass is 9.95.